The Morgan fingerprint density at radius 3 is 2.52 bits per heavy atom. The van der Waals surface area contributed by atoms with Crippen LogP contribution in [0.25, 0.3) is 21.7 Å². The molecule has 7 heteroatoms. The molecule has 0 aliphatic rings. The maximum absolute atomic E-state index is 12.8. The van der Waals surface area contributed by atoms with Gasteiger partial charge in [-0.2, -0.15) is 0 Å². The van der Waals surface area contributed by atoms with Crippen LogP contribution in [0.1, 0.15) is 11.1 Å². The van der Waals surface area contributed by atoms with E-state index in [2.05, 4.69) is 5.32 Å². The van der Waals surface area contributed by atoms with Crippen LogP contribution in [0, 0.1) is 0 Å². The van der Waals surface area contributed by atoms with Crippen molar-refractivity contribution in [2.75, 3.05) is 14.2 Å². The molecule has 0 unspecified atom stereocenters. The number of methoxy groups -OCH3 is 2. The largest absolute Gasteiger partial charge is 0.497 e. The summed E-state index contributed by atoms with van der Waals surface area (Å²) >= 11 is 0. The third-order valence-corrected chi connectivity index (χ3v) is 5.46. The molecule has 4 aromatic rings. The van der Waals surface area contributed by atoms with Crippen LogP contribution in [0.15, 0.2) is 75.9 Å². The molecular weight excluding hydrogens is 422 g/mol. The van der Waals surface area contributed by atoms with Crippen molar-refractivity contribution in [2.45, 2.75) is 18.9 Å². The van der Waals surface area contributed by atoms with Crippen molar-refractivity contribution in [3.63, 3.8) is 0 Å². The Bertz CT molecular complexity index is 1390. The van der Waals surface area contributed by atoms with Crippen LogP contribution in [0.2, 0.25) is 0 Å². The lowest BCUT2D eigenvalue weighted by Crippen LogP contribution is -2.43. The summed E-state index contributed by atoms with van der Waals surface area (Å²) in [5, 5.41) is 5.51. The van der Waals surface area contributed by atoms with Crippen LogP contribution in [-0.4, -0.2) is 32.1 Å². The van der Waals surface area contributed by atoms with Crippen molar-refractivity contribution in [1.29, 1.82) is 0 Å². The van der Waals surface area contributed by atoms with Gasteiger partial charge in [-0.3, -0.25) is 4.79 Å². The summed E-state index contributed by atoms with van der Waals surface area (Å²) in [6, 6.07) is 19.1. The van der Waals surface area contributed by atoms with Gasteiger partial charge >= 0.3 is 11.6 Å². The average Bonchev–Trinajstić information content (AvgIpc) is 2.82. The van der Waals surface area contributed by atoms with E-state index in [1.165, 1.54) is 20.3 Å². The first kappa shape index (κ1) is 22.1. The standard InChI is InChI=1S/C26H23NO6/c1-31-20-9-10-21-19(14-25(29)33-23(21)15-20)13-22(26(30)32-2)27-24(28)12-16-7-8-17-5-3-4-6-18(17)11-16/h3-11,14-15,22H,12-13H2,1-2H3,(H,27,28)/t22-/m1/s1. The lowest BCUT2D eigenvalue weighted by molar-refractivity contribution is -0.145. The number of carbonyl (C=O) groups is 2. The highest BCUT2D eigenvalue weighted by Gasteiger charge is 2.24. The van der Waals surface area contributed by atoms with E-state index in [1.807, 2.05) is 42.5 Å². The Kier molecular flexibility index (Phi) is 6.40. The Labute approximate surface area is 189 Å². The van der Waals surface area contributed by atoms with Gasteiger partial charge in [-0.25, -0.2) is 9.59 Å². The van der Waals surface area contributed by atoms with E-state index < -0.39 is 17.6 Å². The zero-order chi connectivity index (χ0) is 23.4. The molecule has 0 spiro atoms. The smallest absolute Gasteiger partial charge is 0.336 e. The number of fused-ring (bicyclic) bond motifs is 2. The molecule has 1 heterocycles. The van der Waals surface area contributed by atoms with Crippen molar-refractivity contribution < 1.29 is 23.5 Å². The van der Waals surface area contributed by atoms with Crippen molar-refractivity contribution >= 4 is 33.6 Å². The molecule has 1 N–H and O–H groups in total. The first-order valence-corrected chi connectivity index (χ1v) is 10.4. The third kappa shape index (κ3) is 5.03. The summed E-state index contributed by atoms with van der Waals surface area (Å²) < 4.78 is 15.3. The maximum Gasteiger partial charge on any atom is 0.336 e. The summed E-state index contributed by atoms with van der Waals surface area (Å²) in [5.41, 5.74) is 1.16. The molecule has 7 nitrogen and oxygen atoms in total. The minimum Gasteiger partial charge on any atom is -0.497 e. The summed E-state index contributed by atoms with van der Waals surface area (Å²) in [4.78, 5) is 37.3. The zero-order valence-electron chi connectivity index (χ0n) is 18.3. The third-order valence-electron chi connectivity index (χ3n) is 5.46. The van der Waals surface area contributed by atoms with E-state index in [-0.39, 0.29) is 18.7 Å². The highest BCUT2D eigenvalue weighted by Crippen LogP contribution is 2.23. The number of esters is 1. The molecule has 0 radical (unpaired) electrons. The van der Waals surface area contributed by atoms with Gasteiger partial charge < -0.3 is 19.2 Å². The molecule has 0 bridgehead atoms. The second-order valence-electron chi connectivity index (χ2n) is 7.66. The number of benzene rings is 3. The molecule has 0 aliphatic heterocycles. The van der Waals surface area contributed by atoms with Crippen LogP contribution < -0.4 is 15.7 Å². The van der Waals surface area contributed by atoms with Crippen LogP contribution in [-0.2, 0) is 27.2 Å². The van der Waals surface area contributed by atoms with Gasteiger partial charge in [-0.05, 0) is 34.0 Å². The monoisotopic (exact) mass is 445 g/mol. The van der Waals surface area contributed by atoms with Gasteiger partial charge in [0.2, 0.25) is 5.91 Å². The van der Waals surface area contributed by atoms with E-state index in [9.17, 15) is 14.4 Å². The van der Waals surface area contributed by atoms with Crippen LogP contribution >= 0.6 is 0 Å². The second kappa shape index (κ2) is 9.56. The number of hydrogen-bond donors (Lipinski definition) is 1. The Morgan fingerprint density at radius 2 is 1.76 bits per heavy atom. The number of amides is 1. The first-order valence-electron chi connectivity index (χ1n) is 10.4. The number of nitrogens with one attached hydrogen (secondary N) is 1. The number of carbonyl (C=O) groups excluding carboxylic acids is 2. The van der Waals surface area contributed by atoms with E-state index in [0.29, 0.717) is 22.3 Å². The molecule has 1 aromatic heterocycles. The highest BCUT2D eigenvalue weighted by molar-refractivity contribution is 5.89. The number of ether oxygens (including phenoxy) is 2. The van der Waals surface area contributed by atoms with Gasteiger partial charge in [-0.15, -0.1) is 0 Å². The molecule has 33 heavy (non-hydrogen) atoms. The Hall–Kier alpha value is -4.13. The van der Waals surface area contributed by atoms with Gasteiger partial charge in [0.05, 0.1) is 20.6 Å². The van der Waals surface area contributed by atoms with E-state index in [1.54, 1.807) is 18.2 Å². The topological polar surface area (TPSA) is 94.8 Å². The summed E-state index contributed by atoms with van der Waals surface area (Å²) in [5.74, 6) is -0.387. The SMILES string of the molecule is COC(=O)[C@@H](Cc1cc(=O)oc2cc(OC)ccc12)NC(=O)Cc1ccc2ccccc2c1. The lowest BCUT2D eigenvalue weighted by atomic mass is 10.0. The fourth-order valence-corrected chi connectivity index (χ4v) is 3.84. The highest BCUT2D eigenvalue weighted by atomic mass is 16.5. The van der Waals surface area contributed by atoms with Gasteiger partial charge in [0.1, 0.15) is 17.4 Å². The Balaban J connectivity index is 1.56. The van der Waals surface area contributed by atoms with Gasteiger partial charge in [-0.1, -0.05) is 42.5 Å². The first-order chi connectivity index (χ1) is 16.0. The molecule has 1 atom stereocenters. The molecular formula is C26H23NO6. The van der Waals surface area contributed by atoms with Gasteiger partial charge in [0.15, 0.2) is 0 Å². The fourth-order valence-electron chi connectivity index (χ4n) is 3.84. The Morgan fingerprint density at radius 1 is 0.970 bits per heavy atom. The van der Waals surface area contributed by atoms with Gasteiger partial charge in [0, 0.05) is 23.9 Å². The summed E-state index contributed by atoms with van der Waals surface area (Å²) in [7, 11) is 2.77. The minimum atomic E-state index is -0.963. The van der Waals surface area contributed by atoms with Crippen molar-refractivity contribution in [3.05, 3.63) is 88.3 Å². The van der Waals surface area contributed by atoms with Crippen LogP contribution in [0.3, 0.4) is 0 Å². The molecule has 4 rings (SSSR count). The molecule has 0 aliphatic carbocycles. The van der Waals surface area contributed by atoms with E-state index in [4.69, 9.17) is 13.9 Å². The van der Waals surface area contributed by atoms with Crippen molar-refractivity contribution in [2.24, 2.45) is 0 Å². The number of hydrogen-bond acceptors (Lipinski definition) is 6. The molecule has 3 aromatic carbocycles. The maximum atomic E-state index is 12.8. The normalized spacial score (nSPS) is 11.8. The predicted octanol–water partition coefficient (Wildman–Crippen LogP) is 3.40. The van der Waals surface area contributed by atoms with Gasteiger partial charge in [0.25, 0.3) is 0 Å². The average molecular weight is 445 g/mol. The van der Waals surface area contributed by atoms with E-state index >= 15 is 0 Å². The van der Waals surface area contributed by atoms with E-state index in [0.717, 1.165) is 16.3 Å². The van der Waals surface area contributed by atoms with Crippen LogP contribution in [0.4, 0.5) is 0 Å². The minimum absolute atomic E-state index is 0.0740. The summed E-state index contributed by atoms with van der Waals surface area (Å²) in [6.45, 7) is 0. The van der Waals surface area contributed by atoms with Crippen molar-refractivity contribution in [1.82, 2.24) is 5.32 Å². The second-order valence-corrected chi connectivity index (χ2v) is 7.66. The zero-order valence-corrected chi connectivity index (χ0v) is 18.3. The molecule has 1 amide bonds. The van der Waals surface area contributed by atoms with Crippen molar-refractivity contribution in [3.8, 4) is 5.75 Å². The summed E-state index contributed by atoms with van der Waals surface area (Å²) in [6.07, 6.45) is 0.178. The predicted molar refractivity (Wildman–Crippen MR) is 124 cm³/mol. The quantitative estimate of drug-likeness (QED) is 0.346. The van der Waals surface area contributed by atoms with Crippen LogP contribution in [0.5, 0.6) is 5.75 Å². The molecule has 0 saturated heterocycles. The fraction of sp³-hybridized carbons (Fsp3) is 0.192. The molecule has 0 saturated carbocycles. The lowest BCUT2D eigenvalue weighted by Gasteiger charge is -2.17. The molecule has 0 fully saturated rings. The number of rotatable bonds is 7. The molecule has 168 valence electrons.